The number of carbonyl (C=O) groups is 1. The maximum Gasteiger partial charge on any atom is 0.338 e. The lowest BCUT2D eigenvalue weighted by Gasteiger charge is -2.25. The zero-order chi connectivity index (χ0) is 23.7. The van der Waals surface area contributed by atoms with E-state index in [2.05, 4.69) is 4.99 Å². The summed E-state index contributed by atoms with van der Waals surface area (Å²) in [5, 5.41) is 0.433. The maximum atomic E-state index is 13.6. The number of ether oxygens (including phenoxy) is 3. The van der Waals surface area contributed by atoms with Crippen LogP contribution in [0.15, 0.2) is 63.5 Å². The highest BCUT2D eigenvalue weighted by atomic mass is 35.5. The molecule has 1 aliphatic rings. The predicted octanol–water partition coefficient (Wildman–Crippen LogP) is 3.08. The van der Waals surface area contributed by atoms with Crippen molar-refractivity contribution < 1.29 is 19.0 Å². The van der Waals surface area contributed by atoms with E-state index in [9.17, 15) is 9.59 Å². The molecule has 0 amide bonds. The van der Waals surface area contributed by atoms with E-state index in [4.69, 9.17) is 25.8 Å². The number of thiazole rings is 1. The number of aromatic nitrogens is 1. The SMILES string of the molecule is COC(=O)C1=C(C)N=c2sc(=Cc3cc(OC)ccc3OC)c(=O)n2C1c1ccccc1Cl. The van der Waals surface area contributed by atoms with Crippen LogP contribution in [0.4, 0.5) is 0 Å². The normalized spacial score (nSPS) is 15.7. The van der Waals surface area contributed by atoms with Crippen LogP contribution in [-0.2, 0) is 9.53 Å². The van der Waals surface area contributed by atoms with Crippen LogP contribution in [-0.4, -0.2) is 31.9 Å². The van der Waals surface area contributed by atoms with E-state index in [1.54, 1.807) is 63.6 Å². The summed E-state index contributed by atoms with van der Waals surface area (Å²) >= 11 is 7.71. The molecule has 1 unspecified atom stereocenters. The highest BCUT2D eigenvalue weighted by Crippen LogP contribution is 2.34. The number of rotatable bonds is 5. The minimum atomic E-state index is -0.767. The van der Waals surface area contributed by atoms with Gasteiger partial charge in [0.2, 0.25) is 0 Å². The van der Waals surface area contributed by atoms with Crippen LogP contribution in [0.5, 0.6) is 11.5 Å². The van der Waals surface area contributed by atoms with E-state index < -0.39 is 12.0 Å². The quantitative estimate of drug-likeness (QED) is 0.520. The number of nitrogens with zero attached hydrogens (tertiary/aromatic N) is 2. The maximum absolute atomic E-state index is 13.6. The van der Waals surface area contributed by atoms with Gasteiger partial charge in [0, 0.05) is 10.6 Å². The van der Waals surface area contributed by atoms with Crippen molar-refractivity contribution in [2.75, 3.05) is 21.3 Å². The Hall–Kier alpha value is -3.36. The molecule has 9 heteroatoms. The summed E-state index contributed by atoms with van der Waals surface area (Å²) in [6.07, 6.45) is 1.73. The molecule has 3 aromatic rings. The lowest BCUT2D eigenvalue weighted by molar-refractivity contribution is -0.136. The first-order valence-electron chi connectivity index (χ1n) is 9.97. The summed E-state index contributed by atoms with van der Waals surface area (Å²) in [5.41, 5.74) is 1.73. The standard InChI is InChI=1S/C24H21ClN2O5S/c1-13-20(23(29)32-4)21(16-7-5-6-8-17(16)25)27-22(28)19(33-24(27)26-13)12-14-11-15(30-2)9-10-18(14)31-3/h5-12,21H,1-4H3. The van der Waals surface area contributed by atoms with E-state index >= 15 is 0 Å². The zero-order valence-corrected chi connectivity index (χ0v) is 20.0. The van der Waals surface area contributed by atoms with Crippen LogP contribution < -0.4 is 24.4 Å². The van der Waals surface area contributed by atoms with Gasteiger partial charge in [-0.3, -0.25) is 9.36 Å². The molecule has 0 radical (unpaired) electrons. The molecule has 2 aromatic carbocycles. The molecule has 0 fully saturated rings. The molecule has 1 aromatic heterocycles. The average Bonchev–Trinajstić information content (AvgIpc) is 3.12. The van der Waals surface area contributed by atoms with Crippen LogP contribution in [0.3, 0.4) is 0 Å². The Kier molecular flexibility index (Phi) is 6.40. The molecule has 0 aliphatic carbocycles. The molecule has 7 nitrogen and oxygen atoms in total. The largest absolute Gasteiger partial charge is 0.497 e. The van der Waals surface area contributed by atoms with Gasteiger partial charge in [0.1, 0.15) is 17.5 Å². The third-order valence-electron chi connectivity index (χ3n) is 5.35. The van der Waals surface area contributed by atoms with E-state index in [-0.39, 0.29) is 11.1 Å². The number of carbonyl (C=O) groups excluding carboxylic acids is 1. The summed E-state index contributed by atoms with van der Waals surface area (Å²) in [6.45, 7) is 1.72. The zero-order valence-electron chi connectivity index (χ0n) is 18.4. The van der Waals surface area contributed by atoms with Gasteiger partial charge in [-0.15, -0.1) is 0 Å². The van der Waals surface area contributed by atoms with Gasteiger partial charge in [0.05, 0.1) is 37.1 Å². The molecular weight excluding hydrogens is 464 g/mol. The van der Waals surface area contributed by atoms with Crippen molar-refractivity contribution in [1.29, 1.82) is 0 Å². The number of hydrogen-bond acceptors (Lipinski definition) is 7. The predicted molar refractivity (Wildman–Crippen MR) is 127 cm³/mol. The van der Waals surface area contributed by atoms with Crippen molar-refractivity contribution in [3.8, 4) is 11.5 Å². The molecule has 0 N–H and O–H groups in total. The Labute approximate surface area is 198 Å². The number of benzene rings is 2. The highest BCUT2D eigenvalue weighted by molar-refractivity contribution is 7.07. The van der Waals surface area contributed by atoms with Crippen molar-refractivity contribution in [3.63, 3.8) is 0 Å². The number of allylic oxidation sites excluding steroid dienone is 1. The minimum Gasteiger partial charge on any atom is -0.497 e. The first kappa shape index (κ1) is 22.8. The lowest BCUT2D eigenvalue weighted by atomic mass is 9.96. The monoisotopic (exact) mass is 484 g/mol. The van der Waals surface area contributed by atoms with Crippen molar-refractivity contribution in [2.45, 2.75) is 13.0 Å². The number of esters is 1. The minimum absolute atomic E-state index is 0.267. The summed E-state index contributed by atoms with van der Waals surface area (Å²) in [7, 11) is 4.43. The summed E-state index contributed by atoms with van der Waals surface area (Å²) in [4.78, 5) is 31.3. The van der Waals surface area contributed by atoms with Crippen LogP contribution in [0.2, 0.25) is 5.02 Å². The van der Waals surface area contributed by atoms with Gasteiger partial charge >= 0.3 is 5.97 Å². The summed E-state index contributed by atoms with van der Waals surface area (Å²) < 4.78 is 17.7. The van der Waals surface area contributed by atoms with E-state index in [1.165, 1.54) is 23.0 Å². The molecule has 0 bridgehead atoms. The van der Waals surface area contributed by atoms with Gasteiger partial charge in [-0.25, -0.2) is 9.79 Å². The number of halogens is 1. The number of methoxy groups -OCH3 is 3. The smallest absolute Gasteiger partial charge is 0.338 e. The third-order valence-corrected chi connectivity index (χ3v) is 6.68. The van der Waals surface area contributed by atoms with E-state index in [0.29, 0.717) is 42.7 Å². The Morgan fingerprint density at radius 3 is 2.58 bits per heavy atom. The summed E-state index contributed by atoms with van der Waals surface area (Å²) in [5.74, 6) is 0.660. The Morgan fingerprint density at radius 2 is 1.91 bits per heavy atom. The molecule has 170 valence electrons. The van der Waals surface area contributed by atoms with Crippen molar-refractivity contribution in [3.05, 3.63) is 89.6 Å². The highest BCUT2D eigenvalue weighted by Gasteiger charge is 2.34. The van der Waals surface area contributed by atoms with Crippen molar-refractivity contribution in [1.82, 2.24) is 4.57 Å². The van der Waals surface area contributed by atoms with Gasteiger partial charge in [0.15, 0.2) is 4.80 Å². The third kappa shape index (κ3) is 4.07. The molecule has 33 heavy (non-hydrogen) atoms. The first-order chi connectivity index (χ1) is 15.9. The average molecular weight is 485 g/mol. The second-order valence-corrected chi connectivity index (χ2v) is 8.62. The molecule has 4 rings (SSSR count). The van der Waals surface area contributed by atoms with Crippen LogP contribution in [0.1, 0.15) is 24.1 Å². The first-order valence-corrected chi connectivity index (χ1v) is 11.2. The second-order valence-electron chi connectivity index (χ2n) is 7.20. The Balaban J connectivity index is 2.01. The van der Waals surface area contributed by atoms with Gasteiger partial charge in [0.25, 0.3) is 5.56 Å². The topological polar surface area (TPSA) is 79.1 Å². The van der Waals surface area contributed by atoms with Gasteiger partial charge in [-0.05, 0) is 42.8 Å². The molecule has 0 spiro atoms. The second kappa shape index (κ2) is 9.25. The number of hydrogen-bond donors (Lipinski definition) is 0. The van der Waals surface area contributed by atoms with Crippen LogP contribution >= 0.6 is 22.9 Å². The molecular formula is C24H21ClN2O5S. The number of fused-ring (bicyclic) bond motifs is 1. The summed E-state index contributed by atoms with van der Waals surface area (Å²) in [6, 6.07) is 11.7. The van der Waals surface area contributed by atoms with Gasteiger partial charge in [-0.2, -0.15) is 0 Å². The molecule has 2 heterocycles. The fourth-order valence-electron chi connectivity index (χ4n) is 3.78. The molecule has 1 atom stereocenters. The molecule has 0 saturated heterocycles. The Morgan fingerprint density at radius 1 is 1.15 bits per heavy atom. The van der Waals surface area contributed by atoms with E-state index in [0.717, 1.165) is 0 Å². The van der Waals surface area contributed by atoms with Crippen molar-refractivity contribution >= 4 is 35.0 Å². The fourth-order valence-corrected chi connectivity index (χ4v) is 5.05. The fraction of sp³-hybridized carbons (Fsp3) is 0.208. The van der Waals surface area contributed by atoms with E-state index in [1.807, 2.05) is 6.07 Å². The van der Waals surface area contributed by atoms with Gasteiger partial charge < -0.3 is 14.2 Å². The lowest BCUT2D eigenvalue weighted by Crippen LogP contribution is -2.39. The molecule has 0 saturated carbocycles. The van der Waals surface area contributed by atoms with Crippen LogP contribution in [0, 0.1) is 0 Å². The van der Waals surface area contributed by atoms with Gasteiger partial charge in [-0.1, -0.05) is 41.1 Å². The Bertz CT molecular complexity index is 1450. The van der Waals surface area contributed by atoms with Crippen LogP contribution in [0.25, 0.3) is 6.08 Å². The van der Waals surface area contributed by atoms with Crippen molar-refractivity contribution in [2.24, 2.45) is 4.99 Å². The molecule has 1 aliphatic heterocycles.